The van der Waals surface area contributed by atoms with E-state index in [0.29, 0.717) is 5.65 Å². The van der Waals surface area contributed by atoms with Gasteiger partial charge in [0.05, 0.1) is 6.04 Å². The van der Waals surface area contributed by atoms with E-state index < -0.39 is 0 Å². The Morgan fingerprint density at radius 3 is 2.79 bits per heavy atom. The van der Waals surface area contributed by atoms with Gasteiger partial charge in [-0.15, -0.1) is 22.4 Å². The molecule has 33 heavy (non-hydrogen) atoms. The maximum atomic E-state index is 13.2. The van der Waals surface area contributed by atoms with Crippen molar-refractivity contribution in [2.75, 3.05) is 5.73 Å². The zero-order valence-corrected chi connectivity index (χ0v) is 19.0. The number of aromatic nitrogens is 3. The number of carbonyl (C=O) groups is 1. The summed E-state index contributed by atoms with van der Waals surface area (Å²) in [5, 5.41) is 8.44. The van der Waals surface area contributed by atoms with E-state index in [0.717, 1.165) is 31.7 Å². The van der Waals surface area contributed by atoms with Crippen molar-refractivity contribution in [3.63, 3.8) is 0 Å². The molecule has 0 aliphatic carbocycles. The first-order chi connectivity index (χ1) is 16.1. The minimum atomic E-state index is -0.303. The largest absolute Gasteiger partial charge is 0.381 e. The molecule has 0 aliphatic heterocycles. The lowest BCUT2D eigenvalue weighted by molar-refractivity contribution is 0.0943. The Morgan fingerprint density at radius 1 is 1.18 bits per heavy atom. The third-order valence-electron chi connectivity index (χ3n) is 5.44. The predicted octanol–water partition coefficient (Wildman–Crippen LogP) is 5.06. The number of thiophene rings is 1. The summed E-state index contributed by atoms with van der Waals surface area (Å²) in [5.74, 6) is 5.97. The molecule has 162 valence electrons. The molecule has 0 radical (unpaired) electrons. The van der Waals surface area contributed by atoms with Crippen molar-refractivity contribution in [2.45, 2.75) is 19.9 Å². The van der Waals surface area contributed by atoms with Gasteiger partial charge in [-0.2, -0.15) is 0 Å². The number of nitrogens with two attached hydrogens (primary N) is 1. The fourth-order valence-corrected chi connectivity index (χ4v) is 5.21. The molecule has 7 heteroatoms. The summed E-state index contributed by atoms with van der Waals surface area (Å²) in [6.45, 7) is 3.82. The van der Waals surface area contributed by atoms with Crippen LogP contribution in [0.3, 0.4) is 0 Å². The number of nitrogens with zero attached hydrogens (tertiary/aromatic N) is 3. The van der Waals surface area contributed by atoms with Crippen LogP contribution in [0.1, 0.15) is 40.7 Å². The number of nitrogens with one attached hydrogen (secondary N) is 1. The number of hydrogen-bond acceptors (Lipinski definition) is 5. The molecule has 1 atom stereocenters. The first kappa shape index (κ1) is 20.7. The lowest BCUT2D eigenvalue weighted by Gasteiger charge is -2.15. The monoisotopic (exact) mass is 451 g/mol. The standard InChI is InChI=1S/C26H21N5OS/c1-3-8-17-11-12-20-19(15-17)21(18-9-5-4-6-10-18)23(33-20)16(2)29-26(32)22-24(27)30-31-14-7-13-28-25(22)31/h4-7,9-16H,1-2H3,(H2,27,30)(H,29,32)/t16-/m0/s1. The molecule has 5 aromatic rings. The summed E-state index contributed by atoms with van der Waals surface area (Å²) in [6.07, 6.45) is 3.34. The fraction of sp³-hybridized carbons (Fsp3) is 0.115. The molecule has 1 amide bonds. The highest BCUT2D eigenvalue weighted by molar-refractivity contribution is 7.19. The second kappa shape index (κ2) is 8.41. The minimum absolute atomic E-state index is 0.154. The van der Waals surface area contributed by atoms with E-state index in [1.807, 2.05) is 38.1 Å². The van der Waals surface area contributed by atoms with Crippen LogP contribution in [-0.2, 0) is 0 Å². The van der Waals surface area contributed by atoms with Crippen molar-refractivity contribution in [3.05, 3.63) is 83.0 Å². The Morgan fingerprint density at radius 2 is 2.00 bits per heavy atom. The topological polar surface area (TPSA) is 85.3 Å². The van der Waals surface area contributed by atoms with Crippen LogP contribution in [-0.4, -0.2) is 20.5 Å². The summed E-state index contributed by atoms with van der Waals surface area (Å²) in [4.78, 5) is 18.6. The maximum absolute atomic E-state index is 13.2. The van der Waals surface area contributed by atoms with E-state index in [-0.39, 0.29) is 23.3 Å². The van der Waals surface area contributed by atoms with Crippen LogP contribution in [0.2, 0.25) is 0 Å². The smallest absolute Gasteiger partial charge is 0.259 e. The van der Waals surface area contributed by atoms with E-state index in [4.69, 9.17) is 5.73 Å². The molecule has 2 aromatic carbocycles. The summed E-state index contributed by atoms with van der Waals surface area (Å²) < 4.78 is 2.66. The van der Waals surface area contributed by atoms with Gasteiger partial charge in [0.2, 0.25) is 0 Å². The van der Waals surface area contributed by atoms with Gasteiger partial charge in [0.1, 0.15) is 5.56 Å². The first-order valence-corrected chi connectivity index (χ1v) is 11.3. The van der Waals surface area contributed by atoms with Gasteiger partial charge in [-0.1, -0.05) is 36.3 Å². The first-order valence-electron chi connectivity index (χ1n) is 10.5. The third-order valence-corrected chi connectivity index (χ3v) is 6.79. The van der Waals surface area contributed by atoms with Crippen molar-refractivity contribution in [2.24, 2.45) is 0 Å². The normalized spacial score (nSPS) is 11.8. The highest BCUT2D eigenvalue weighted by Gasteiger charge is 2.24. The second-order valence-corrected chi connectivity index (χ2v) is 8.72. The lowest BCUT2D eigenvalue weighted by Crippen LogP contribution is -2.27. The Labute approximate surface area is 195 Å². The zero-order chi connectivity index (χ0) is 22.9. The summed E-state index contributed by atoms with van der Waals surface area (Å²) >= 11 is 1.67. The fourth-order valence-electron chi connectivity index (χ4n) is 4.00. The average Bonchev–Trinajstić information content (AvgIpc) is 3.36. The quantitative estimate of drug-likeness (QED) is 0.374. The molecule has 3 heterocycles. The van der Waals surface area contributed by atoms with Gasteiger partial charge in [0.25, 0.3) is 5.91 Å². The van der Waals surface area contributed by atoms with Crippen LogP contribution < -0.4 is 11.1 Å². The van der Waals surface area contributed by atoms with Gasteiger partial charge < -0.3 is 11.1 Å². The highest BCUT2D eigenvalue weighted by Crippen LogP contribution is 2.42. The van der Waals surface area contributed by atoms with Gasteiger partial charge in [-0.05, 0) is 43.7 Å². The molecule has 3 N–H and O–H groups in total. The molecule has 0 bridgehead atoms. The molecule has 5 rings (SSSR count). The van der Waals surface area contributed by atoms with Gasteiger partial charge in [-0.25, -0.2) is 9.50 Å². The number of nitrogen functional groups attached to an aromatic ring is 1. The van der Waals surface area contributed by atoms with E-state index in [2.05, 4.69) is 51.5 Å². The molecule has 0 unspecified atom stereocenters. The third kappa shape index (κ3) is 3.71. The number of carbonyl (C=O) groups excluding carboxylic acids is 1. The Balaban J connectivity index is 1.59. The predicted molar refractivity (Wildman–Crippen MR) is 133 cm³/mol. The van der Waals surface area contributed by atoms with Crippen molar-refractivity contribution in [1.29, 1.82) is 0 Å². The molecule has 0 saturated heterocycles. The molecule has 0 saturated carbocycles. The molecule has 0 spiro atoms. The van der Waals surface area contributed by atoms with Crippen LogP contribution in [0.25, 0.3) is 26.9 Å². The SMILES string of the molecule is CC#Cc1ccc2sc([C@H](C)NC(=O)c3c(N)nn4cccnc34)c(-c3ccccc3)c2c1. The number of benzene rings is 2. The second-order valence-electron chi connectivity index (χ2n) is 7.64. The van der Waals surface area contributed by atoms with Crippen LogP contribution in [0.5, 0.6) is 0 Å². The maximum Gasteiger partial charge on any atom is 0.259 e. The zero-order valence-electron chi connectivity index (χ0n) is 18.2. The summed E-state index contributed by atoms with van der Waals surface area (Å²) in [6, 6.07) is 17.9. The van der Waals surface area contributed by atoms with E-state index in [9.17, 15) is 4.79 Å². The molecule has 3 aromatic heterocycles. The molecule has 0 fully saturated rings. The van der Waals surface area contributed by atoms with Crippen LogP contribution in [0, 0.1) is 11.8 Å². The van der Waals surface area contributed by atoms with Crippen LogP contribution in [0.4, 0.5) is 5.82 Å². The van der Waals surface area contributed by atoms with Crippen molar-refractivity contribution >= 4 is 38.8 Å². The molecular weight excluding hydrogens is 430 g/mol. The average molecular weight is 452 g/mol. The van der Waals surface area contributed by atoms with E-state index >= 15 is 0 Å². The van der Waals surface area contributed by atoms with Gasteiger partial charge in [0.15, 0.2) is 11.5 Å². The summed E-state index contributed by atoms with van der Waals surface area (Å²) in [5.41, 5.74) is 9.94. The number of amides is 1. The Kier molecular flexibility index (Phi) is 5.29. The highest BCUT2D eigenvalue weighted by atomic mass is 32.1. The van der Waals surface area contributed by atoms with Crippen LogP contribution in [0.15, 0.2) is 67.0 Å². The Hall–Kier alpha value is -4.15. The number of anilines is 1. The molecule has 0 aliphatic rings. The minimum Gasteiger partial charge on any atom is -0.381 e. The summed E-state index contributed by atoms with van der Waals surface area (Å²) in [7, 11) is 0. The van der Waals surface area contributed by atoms with E-state index in [1.54, 1.807) is 29.8 Å². The van der Waals surface area contributed by atoms with Gasteiger partial charge >= 0.3 is 0 Å². The van der Waals surface area contributed by atoms with E-state index in [1.165, 1.54) is 4.52 Å². The van der Waals surface area contributed by atoms with Gasteiger partial charge in [-0.3, -0.25) is 4.79 Å². The number of fused-ring (bicyclic) bond motifs is 2. The van der Waals surface area contributed by atoms with Crippen molar-refractivity contribution in [1.82, 2.24) is 19.9 Å². The number of rotatable bonds is 4. The molecular formula is C26H21N5OS. The number of hydrogen-bond donors (Lipinski definition) is 2. The molecule has 6 nitrogen and oxygen atoms in total. The van der Waals surface area contributed by atoms with Crippen molar-refractivity contribution < 1.29 is 4.79 Å². The van der Waals surface area contributed by atoms with Crippen molar-refractivity contribution in [3.8, 4) is 23.0 Å². The Bertz CT molecular complexity index is 1560. The van der Waals surface area contributed by atoms with Gasteiger partial charge in [0, 0.05) is 38.5 Å². The van der Waals surface area contributed by atoms with Crippen LogP contribution >= 0.6 is 11.3 Å². The lowest BCUT2D eigenvalue weighted by atomic mass is 9.98.